The van der Waals surface area contributed by atoms with Gasteiger partial charge in [-0.1, -0.05) is 29.5 Å². The minimum Gasteiger partial charge on any atom is -0.378 e. The molecule has 26 heavy (non-hydrogen) atoms. The van der Waals surface area contributed by atoms with Gasteiger partial charge in [0.25, 0.3) is 5.91 Å². The summed E-state index contributed by atoms with van der Waals surface area (Å²) in [6.07, 6.45) is 2.83. The summed E-state index contributed by atoms with van der Waals surface area (Å²) in [5, 5.41) is 19.2. The standard InChI is InChI=1S/C16H16N8O2/c1-9-13(19-23-24(9)15-14(17)21-26-22-15)16(25)20-18-12-8-4-6-10-5-2-3-7-11(10)12/h2-3,5,7H,4,6,8H2,1H3,(H2,17,21)(H,20,25)/b18-12+. The molecule has 1 amide bonds. The molecule has 0 spiro atoms. The molecule has 0 bridgehead atoms. The van der Waals surface area contributed by atoms with Crippen molar-refractivity contribution >= 4 is 17.4 Å². The van der Waals surface area contributed by atoms with Gasteiger partial charge in [0, 0.05) is 5.56 Å². The molecule has 1 aliphatic carbocycles. The summed E-state index contributed by atoms with van der Waals surface area (Å²) in [5.41, 5.74) is 12.0. The van der Waals surface area contributed by atoms with E-state index in [1.54, 1.807) is 6.92 Å². The molecule has 10 heteroatoms. The summed E-state index contributed by atoms with van der Waals surface area (Å²) in [4.78, 5) is 12.5. The van der Waals surface area contributed by atoms with E-state index in [-0.39, 0.29) is 17.3 Å². The molecule has 3 aromatic rings. The smallest absolute Gasteiger partial charge is 0.293 e. The maximum Gasteiger partial charge on any atom is 0.293 e. The van der Waals surface area contributed by atoms with Crippen LogP contribution < -0.4 is 11.2 Å². The quantitative estimate of drug-likeness (QED) is 0.671. The van der Waals surface area contributed by atoms with Gasteiger partial charge in [0.1, 0.15) is 0 Å². The van der Waals surface area contributed by atoms with E-state index in [0.29, 0.717) is 5.69 Å². The monoisotopic (exact) mass is 352 g/mol. The zero-order chi connectivity index (χ0) is 18.1. The molecule has 1 aromatic carbocycles. The van der Waals surface area contributed by atoms with Gasteiger partial charge in [-0.15, -0.1) is 5.10 Å². The lowest BCUT2D eigenvalue weighted by Crippen LogP contribution is -2.23. The molecular formula is C16H16N8O2. The Kier molecular flexibility index (Phi) is 3.92. The summed E-state index contributed by atoms with van der Waals surface area (Å²) in [6, 6.07) is 8.07. The van der Waals surface area contributed by atoms with E-state index in [1.165, 1.54) is 10.2 Å². The lowest BCUT2D eigenvalue weighted by molar-refractivity contribution is 0.0949. The second-order valence-electron chi connectivity index (χ2n) is 5.92. The normalized spacial score (nSPS) is 15.0. The van der Waals surface area contributed by atoms with Gasteiger partial charge in [-0.2, -0.15) is 9.78 Å². The lowest BCUT2D eigenvalue weighted by atomic mass is 9.90. The minimum atomic E-state index is -0.459. The summed E-state index contributed by atoms with van der Waals surface area (Å²) >= 11 is 0. The molecule has 1 aliphatic rings. The first-order valence-corrected chi connectivity index (χ1v) is 8.11. The molecule has 0 radical (unpaired) electrons. The Balaban J connectivity index is 1.57. The Hall–Kier alpha value is -3.56. The van der Waals surface area contributed by atoms with Crippen LogP contribution in [-0.2, 0) is 6.42 Å². The van der Waals surface area contributed by atoms with Crippen molar-refractivity contribution in [2.45, 2.75) is 26.2 Å². The van der Waals surface area contributed by atoms with Crippen LogP contribution >= 0.6 is 0 Å². The average molecular weight is 352 g/mol. The van der Waals surface area contributed by atoms with Crippen LogP contribution in [0.2, 0.25) is 0 Å². The Morgan fingerprint density at radius 3 is 2.96 bits per heavy atom. The van der Waals surface area contributed by atoms with Crippen molar-refractivity contribution in [2.24, 2.45) is 5.10 Å². The molecule has 0 fully saturated rings. The van der Waals surface area contributed by atoms with Gasteiger partial charge in [-0.25, -0.2) is 10.1 Å². The zero-order valence-electron chi connectivity index (χ0n) is 14.0. The number of nitrogens with one attached hydrogen (secondary N) is 1. The topological polar surface area (TPSA) is 137 Å². The lowest BCUT2D eigenvalue weighted by Gasteiger charge is -2.17. The number of anilines is 1. The van der Waals surface area contributed by atoms with Crippen LogP contribution in [0.25, 0.3) is 5.82 Å². The highest BCUT2D eigenvalue weighted by Gasteiger charge is 2.21. The second-order valence-corrected chi connectivity index (χ2v) is 5.92. The number of aryl methyl sites for hydroxylation is 1. The van der Waals surface area contributed by atoms with Crippen LogP contribution in [0.15, 0.2) is 34.0 Å². The van der Waals surface area contributed by atoms with E-state index >= 15 is 0 Å². The summed E-state index contributed by atoms with van der Waals surface area (Å²) in [6.45, 7) is 1.67. The first kappa shape index (κ1) is 15.9. The van der Waals surface area contributed by atoms with Crippen LogP contribution in [0.3, 0.4) is 0 Å². The fourth-order valence-corrected chi connectivity index (χ4v) is 2.97. The van der Waals surface area contributed by atoms with Gasteiger partial charge < -0.3 is 5.73 Å². The van der Waals surface area contributed by atoms with Gasteiger partial charge in [-0.3, -0.25) is 4.79 Å². The van der Waals surface area contributed by atoms with Crippen molar-refractivity contribution in [3.05, 3.63) is 46.8 Å². The fourth-order valence-electron chi connectivity index (χ4n) is 2.97. The number of amides is 1. The van der Waals surface area contributed by atoms with Crippen LogP contribution in [0.4, 0.5) is 5.82 Å². The summed E-state index contributed by atoms with van der Waals surface area (Å²) in [7, 11) is 0. The van der Waals surface area contributed by atoms with E-state index in [1.807, 2.05) is 18.2 Å². The van der Waals surface area contributed by atoms with Crippen molar-refractivity contribution in [1.29, 1.82) is 0 Å². The van der Waals surface area contributed by atoms with Crippen molar-refractivity contribution in [3.8, 4) is 5.82 Å². The number of nitrogens with zero attached hydrogens (tertiary/aromatic N) is 6. The third kappa shape index (κ3) is 2.70. The van der Waals surface area contributed by atoms with E-state index < -0.39 is 5.91 Å². The number of benzene rings is 1. The van der Waals surface area contributed by atoms with Crippen LogP contribution in [0.5, 0.6) is 0 Å². The number of nitrogen functional groups attached to an aromatic ring is 1. The number of aromatic nitrogens is 5. The molecule has 0 atom stereocenters. The molecule has 4 rings (SSSR count). The molecule has 2 heterocycles. The largest absolute Gasteiger partial charge is 0.378 e. The number of hydrazone groups is 1. The molecule has 3 N–H and O–H groups in total. The molecule has 0 aliphatic heterocycles. The van der Waals surface area contributed by atoms with Crippen LogP contribution in [-0.4, -0.2) is 36.9 Å². The molecule has 0 saturated heterocycles. The molecule has 132 valence electrons. The van der Waals surface area contributed by atoms with Gasteiger partial charge in [0.15, 0.2) is 5.69 Å². The van der Waals surface area contributed by atoms with Crippen LogP contribution in [0, 0.1) is 6.92 Å². The van der Waals surface area contributed by atoms with Gasteiger partial charge >= 0.3 is 0 Å². The minimum absolute atomic E-state index is 0.0593. The first-order valence-electron chi connectivity index (χ1n) is 8.11. The number of nitrogens with two attached hydrogens (primary N) is 1. The predicted octanol–water partition coefficient (Wildman–Crippen LogP) is 1.01. The molecule has 2 aromatic heterocycles. The van der Waals surface area contributed by atoms with Crippen molar-refractivity contribution < 1.29 is 9.42 Å². The Morgan fingerprint density at radius 2 is 2.15 bits per heavy atom. The predicted molar refractivity (Wildman–Crippen MR) is 91.7 cm³/mol. The fraction of sp³-hybridized carbons (Fsp3) is 0.250. The highest BCUT2D eigenvalue weighted by atomic mass is 16.6. The van der Waals surface area contributed by atoms with Crippen molar-refractivity contribution in [2.75, 3.05) is 5.73 Å². The maximum absolute atomic E-state index is 12.5. The highest BCUT2D eigenvalue weighted by Crippen LogP contribution is 2.21. The number of hydrogen-bond donors (Lipinski definition) is 2. The summed E-state index contributed by atoms with van der Waals surface area (Å²) < 4.78 is 5.84. The van der Waals surface area contributed by atoms with E-state index in [2.05, 4.69) is 41.8 Å². The maximum atomic E-state index is 12.5. The first-order chi connectivity index (χ1) is 12.6. The zero-order valence-corrected chi connectivity index (χ0v) is 14.0. The van der Waals surface area contributed by atoms with Crippen LogP contribution in [0.1, 0.15) is 40.2 Å². The number of hydrogen-bond acceptors (Lipinski definition) is 8. The Morgan fingerprint density at radius 1 is 1.31 bits per heavy atom. The summed E-state index contributed by atoms with van der Waals surface area (Å²) in [5.74, 6) is -0.218. The van der Waals surface area contributed by atoms with E-state index in [9.17, 15) is 4.79 Å². The molecule has 0 saturated carbocycles. The Bertz CT molecular complexity index is 1000. The molecular weight excluding hydrogens is 336 g/mol. The second kappa shape index (κ2) is 6.39. The third-order valence-electron chi connectivity index (χ3n) is 4.29. The molecule has 10 nitrogen and oxygen atoms in total. The highest BCUT2D eigenvalue weighted by molar-refractivity contribution is 6.03. The van der Waals surface area contributed by atoms with Crippen molar-refractivity contribution in [3.63, 3.8) is 0 Å². The van der Waals surface area contributed by atoms with Gasteiger partial charge in [0.2, 0.25) is 11.6 Å². The van der Waals surface area contributed by atoms with Gasteiger partial charge in [0.05, 0.1) is 11.4 Å². The van der Waals surface area contributed by atoms with E-state index in [0.717, 1.165) is 30.5 Å². The number of carbonyl (C=O) groups excluding carboxylic acids is 1. The van der Waals surface area contributed by atoms with Gasteiger partial charge in [-0.05, 0) is 42.1 Å². The SMILES string of the molecule is Cc1c(C(=O)N/N=C2\CCCc3ccccc32)nnn1-c1nonc1N. The number of rotatable bonds is 3. The third-order valence-corrected chi connectivity index (χ3v) is 4.29. The van der Waals surface area contributed by atoms with E-state index in [4.69, 9.17) is 5.73 Å². The van der Waals surface area contributed by atoms with Crippen molar-refractivity contribution in [1.82, 2.24) is 30.7 Å². The number of fused-ring (bicyclic) bond motifs is 1. The number of carbonyl (C=O) groups is 1. The molecule has 0 unspecified atom stereocenters. The average Bonchev–Trinajstić information content (AvgIpc) is 3.24. The Labute approximate surface area is 148 Å².